The molecule has 1 aromatic carbocycles. The van der Waals surface area contributed by atoms with Crippen molar-refractivity contribution >= 4 is 57.0 Å². The maximum atomic E-state index is 12.6. The number of benzene rings is 1. The van der Waals surface area contributed by atoms with Gasteiger partial charge in [-0.3, -0.25) is 19.5 Å². The van der Waals surface area contributed by atoms with Crippen molar-refractivity contribution in [1.29, 1.82) is 0 Å². The Morgan fingerprint density at radius 2 is 2.00 bits per heavy atom. The fraction of sp³-hybridized carbons (Fsp3) is 0.500. The summed E-state index contributed by atoms with van der Waals surface area (Å²) in [6.45, 7) is 2.56. The molecule has 0 radical (unpaired) electrons. The highest BCUT2D eigenvalue weighted by atomic mass is 127. The third kappa shape index (κ3) is 4.75. The molecule has 2 fully saturated rings. The summed E-state index contributed by atoms with van der Waals surface area (Å²) in [7, 11) is 0. The minimum absolute atomic E-state index is 0.00186. The molecule has 134 valence electrons. The molecule has 1 aromatic rings. The number of nitrogens with one attached hydrogen (secondary N) is 1. The SMILES string of the molecule is CCN1C(=O)C(CC(=O)Nc2ccc(I)cc2)SC1=NC1CCCC1. The number of anilines is 1. The summed E-state index contributed by atoms with van der Waals surface area (Å²) in [5.74, 6) is -0.132. The number of hydrogen-bond acceptors (Lipinski definition) is 4. The highest BCUT2D eigenvalue weighted by molar-refractivity contribution is 14.1. The second kappa shape index (κ2) is 8.53. The Balaban J connectivity index is 1.62. The second-order valence-electron chi connectivity index (χ2n) is 6.30. The van der Waals surface area contributed by atoms with Gasteiger partial charge >= 0.3 is 0 Å². The van der Waals surface area contributed by atoms with E-state index in [1.165, 1.54) is 24.6 Å². The molecule has 0 spiro atoms. The first kappa shape index (κ1) is 18.7. The molecule has 7 heteroatoms. The Morgan fingerprint density at radius 1 is 1.32 bits per heavy atom. The summed E-state index contributed by atoms with van der Waals surface area (Å²) in [6, 6.07) is 7.96. The van der Waals surface area contributed by atoms with Crippen molar-refractivity contribution in [1.82, 2.24) is 4.90 Å². The van der Waals surface area contributed by atoms with Crippen molar-refractivity contribution < 1.29 is 9.59 Å². The molecule has 0 bridgehead atoms. The number of nitrogens with zero attached hydrogens (tertiary/aromatic N) is 2. The molecule has 1 N–H and O–H groups in total. The van der Waals surface area contributed by atoms with Crippen LogP contribution in [0, 0.1) is 3.57 Å². The topological polar surface area (TPSA) is 61.8 Å². The molecule has 5 nitrogen and oxygen atoms in total. The number of thioether (sulfide) groups is 1. The van der Waals surface area contributed by atoms with Crippen LogP contribution >= 0.6 is 34.4 Å². The number of halogens is 1. The Labute approximate surface area is 166 Å². The number of carbonyl (C=O) groups is 2. The van der Waals surface area contributed by atoms with Crippen LogP contribution in [-0.2, 0) is 9.59 Å². The molecule has 0 aromatic heterocycles. The van der Waals surface area contributed by atoms with Gasteiger partial charge in [0, 0.05) is 22.2 Å². The molecule has 1 heterocycles. The van der Waals surface area contributed by atoms with Crippen LogP contribution in [0.3, 0.4) is 0 Å². The quantitative estimate of drug-likeness (QED) is 0.664. The molecule has 2 aliphatic rings. The number of carbonyl (C=O) groups excluding carboxylic acids is 2. The first-order valence-corrected chi connectivity index (χ1v) is 10.6. The van der Waals surface area contributed by atoms with E-state index in [1.54, 1.807) is 4.90 Å². The van der Waals surface area contributed by atoms with Crippen molar-refractivity contribution in [2.24, 2.45) is 4.99 Å². The predicted octanol–water partition coefficient (Wildman–Crippen LogP) is 3.88. The average molecular weight is 471 g/mol. The third-order valence-corrected chi connectivity index (χ3v) is 6.36. The molecule has 1 atom stereocenters. The van der Waals surface area contributed by atoms with Gasteiger partial charge in [0.25, 0.3) is 0 Å². The minimum atomic E-state index is -0.371. The maximum absolute atomic E-state index is 12.6. The standard InChI is InChI=1S/C18H22IN3O2S/c1-2-22-17(24)15(25-18(22)21-13-5-3-4-6-13)11-16(23)20-14-9-7-12(19)8-10-14/h7-10,13,15H,2-6,11H2,1H3,(H,20,23). The normalized spacial score (nSPS) is 22.8. The molecule has 1 saturated carbocycles. The van der Waals surface area contributed by atoms with Gasteiger partial charge in [-0.25, -0.2) is 0 Å². The summed E-state index contributed by atoms with van der Waals surface area (Å²) in [4.78, 5) is 31.4. The number of amidine groups is 1. The molecule has 1 aliphatic carbocycles. The molecule has 25 heavy (non-hydrogen) atoms. The smallest absolute Gasteiger partial charge is 0.242 e. The lowest BCUT2D eigenvalue weighted by Gasteiger charge is -2.14. The van der Waals surface area contributed by atoms with Gasteiger partial charge in [0.2, 0.25) is 11.8 Å². The zero-order valence-corrected chi connectivity index (χ0v) is 17.2. The molecule has 2 amide bonds. The lowest BCUT2D eigenvalue weighted by Crippen LogP contribution is -2.33. The van der Waals surface area contributed by atoms with Crippen LogP contribution in [0.25, 0.3) is 0 Å². The number of amides is 2. The first-order chi connectivity index (χ1) is 12.1. The van der Waals surface area contributed by atoms with Gasteiger partial charge < -0.3 is 5.32 Å². The van der Waals surface area contributed by atoms with E-state index in [1.807, 2.05) is 31.2 Å². The second-order valence-corrected chi connectivity index (χ2v) is 8.71. The zero-order valence-electron chi connectivity index (χ0n) is 14.2. The van der Waals surface area contributed by atoms with Crippen LogP contribution < -0.4 is 5.32 Å². The third-order valence-electron chi connectivity index (χ3n) is 4.45. The van der Waals surface area contributed by atoms with Crippen LogP contribution in [0.15, 0.2) is 29.3 Å². The molecular weight excluding hydrogens is 449 g/mol. The highest BCUT2D eigenvalue weighted by Gasteiger charge is 2.38. The molecule has 1 aliphatic heterocycles. The van der Waals surface area contributed by atoms with Crippen LogP contribution in [0.1, 0.15) is 39.0 Å². The molecular formula is C18H22IN3O2S. The van der Waals surface area contributed by atoms with Gasteiger partial charge in [-0.15, -0.1) is 0 Å². The van der Waals surface area contributed by atoms with E-state index < -0.39 is 0 Å². The average Bonchev–Trinajstić information content (AvgIpc) is 3.19. The van der Waals surface area contributed by atoms with E-state index in [0.717, 1.165) is 27.3 Å². The Kier molecular flexibility index (Phi) is 6.38. The van der Waals surface area contributed by atoms with Crippen molar-refractivity contribution in [3.8, 4) is 0 Å². The Bertz CT molecular complexity index is 671. The van der Waals surface area contributed by atoms with Crippen molar-refractivity contribution in [3.63, 3.8) is 0 Å². The van der Waals surface area contributed by atoms with E-state index in [9.17, 15) is 9.59 Å². The van der Waals surface area contributed by atoms with Crippen molar-refractivity contribution in [2.45, 2.75) is 50.3 Å². The zero-order chi connectivity index (χ0) is 17.8. The lowest BCUT2D eigenvalue weighted by atomic mass is 10.2. The van der Waals surface area contributed by atoms with E-state index in [4.69, 9.17) is 4.99 Å². The van der Waals surface area contributed by atoms with Crippen molar-refractivity contribution in [2.75, 3.05) is 11.9 Å². The fourth-order valence-electron chi connectivity index (χ4n) is 3.13. The fourth-order valence-corrected chi connectivity index (χ4v) is 4.77. The van der Waals surface area contributed by atoms with E-state index in [2.05, 4.69) is 27.9 Å². The number of hydrogen-bond donors (Lipinski definition) is 1. The van der Waals surface area contributed by atoms with Gasteiger partial charge in [0.15, 0.2) is 5.17 Å². The number of aliphatic imine (C=N–C) groups is 1. The monoisotopic (exact) mass is 471 g/mol. The largest absolute Gasteiger partial charge is 0.326 e. The molecule has 1 unspecified atom stereocenters. The Morgan fingerprint density at radius 3 is 2.64 bits per heavy atom. The van der Waals surface area contributed by atoms with Crippen LogP contribution in [-0.4, -0.2) is 39.7 Å². The summed E-state index contributed by atoms with van der Waals surface area (Å²) in [6.07, 6.45) is 4.82. The summed E-state index contributed by atoms with van der Waals surface area (Å²) in [5, 5.41) is 3.30. The van der Waals surface area contributed by atoms with Crippen LogP contribution in [0.2, 0.25) is 0 Å². The first-order valence-electron chi connectivity index (χ1n) is 8.68. The summed E-state index contributed by atoms with van der Waals surface area (Å²) >= 11 is 3.67. The van der Waals surface area contributed by atoms with Crippen LogP contribution in [0.4, 0.5) is 5.69 Å². The lowest BCUT2D eigenvalue weighted by molar-refractivity contribution is -0.128. The number of rotatable bonds is 5. The Hall–Kier alpha value is -1.09. The minimum Gasteiger partial charge on any atom is -0.326 e. The predicted molar refractivity (Wildman–Crippen MR) is 111 cm³/mol. The molecule has 1 saturated heterocycles. The summed E-state index contributed by atoms with van der Waals surface area (Å²) in [5.41, 5.74) is 0.757. The maximum Gasteiger partial charge on any atom is 0.242 e. The highest BCUT2D eigenvalue weighted by Crippen LogP contribution is 2.32. The molecule has 3 rings (SSSR count). The van der Waals surface area contributed by atoms with Crippen molar-refractivity contribution in [3.05, 3.63) is 27.8 Å². The van der Waals surface area contributed by atoms with E-state index in [-0.39, 0.29) is 23.5 Å². The van der Waals surface area contributed by atoms with Gasteiger partial charge in [-0.05, 0) is 66.6 Å². The summed E-state index contributed by atoms with van der Waals surface area (Å²) < 4.78 is 1.11. The van der Waals surface area contributed by atoms with Gasteiger partial charge in [-0.1, -0.05) is 24.6 Å². The van der Waals surface area contributed by atoms with E-state index in [0.29, 0.717) is 12.6 Å². The van der Waals surface area contributed by atoms with Gasteiger partial charge in [0.1, 0.15) is 5.25 Å². The van der Waals surface area contributed by atoms with Gasteiger partial charge in [0.05, 0.1) is 6.04 Å². The van der Waals surface area contributed by atoms with E-state index >= 15 is 0 Å². The van der Waals surface area contributed by atoms with Crippen LogP contribution in [0.5, 0.6) is 0 Å². The van der Waals surface area contributed by atoms with Gasteiger partial charge in [-0.2, -0.15) is 0 Å².